The second-order valence-electron chi connectivity index (χ2n) is 3.39. The maximum absolute atomic E-state index is 9.71. The van der Waals surface area contributed by atoms with Gasteiger partial charge in [-0.05, 0) is 0 Å². The van der Waals surface area contributed by atoms with E-state index >= 15 is 0 Å². The molecule has 76 valence electrons. The number of hydrogen-bond donors (Lipinski definition) is 1. The number of benzene rings is 2. The van der Waals surface area contributed by atoms with Gasteiger partial charge >= 0.3 is 95.8 Å². The first-order valence-electron chi connectivity index (χ1n) is 4.78. The van der Waals surface area contributed by atoms with Crippen LogP contribution in [0.25, 0.3) is 0 Å². The molecule has 15 heavy (non-hydrogen) atoms. The van der Waals surface area contributed by atoms with Gasteiger partial charge in [-0.2, -0.15) is 0 Å². The van der Waals surface area contributed by atoms with Crippen LogP contribution in [0.15, 0.2) is 48.5 Å². The minimum absolute atomic E-state index is 0.192. The standard InChI is InChI=1S/C13H12OSe/c1-10-7-8-12(14)13(9-10)15-11-5-3-2-4-6-11/h2-9,14H,1H3. The molecule has 2 aromatic carbocycles. The number of aryl methyl sites for hydroxylation is 1. The van der Waals surface area contributed by atoms with Gasteiger partial charge < -0.3 is 0 Å². The molecule has 0 aliphatic carbocycles. The first-order valence-corrected chi connectivity index (χ1v) is 6.49. The van der Waals surface area contributed by atoms with Gasteiger partial charge in [0.2, 0.25) is 0 Å². The summed E-state index contributed by atoms with van der Waals surface area (Å²) in [5.41, 5.74) is 1.20. The molecule has 0 aliphatic heterocycles. The molecule has 0 radical (unpaired) electrons. The van der Waals surface area contributed by atoms with Crippen LogP contribution in [-0.2, 0) is 0 Å². The molecular formula is C13H12OSe. The third-order valence-corrected chi connectivity index (χ3v) is 4.30. The van der Waals surface area contributed by atoms with Crippen molar-refractivity contribution >= 4 is 23.9 Å². The molecule has 0 aromatic heterocycles. The Kier molecular flexibility index (Phi) is 3.10. The Balaban J connectivity index is 2.28. The third kappa shape index (κ3) is 2.62. The number of rotatable bonds is 2. The monoisotopic (exact) mass is 264 g/mol. The average Bonchev–Trinajstić information content (AvgIpc) is 2.25. The van der Waals surface area contributed by atoms with Crippen LogP contribution in [0, 0.1) is 6.92 Å². The summed E-state index contributed by atoms with van der Waals surface area (Å²) in [5.74, 6) is 0.407. The summed E-state index contributed by atoms with van der Waals surface area (Å²) in [6.45, 7) is 2.05. The Hall–Kier alpha value is -1.24. The molecule has 1 nitrogen and oxygen atoms in total. The van der Waals surface area contributed by atoms with E-state index in [9.17, 15) is 5.11 Å². The van der Waals surface area contributed by atoms with E-state index in [-0.39, 0.29) is 15.0 Å². The molecule has 0 unspecified atom stereocenters. The molecule has 2 rings (SSSR count). The fourth-order valence-electron chi connectivity index (χ4n) is 1.32. The van der Waals surface area contributed by atoms with Gasteiger partial charge in [-0.15, -0.1) is 0 Å². The molecule has 0 heterocycles. The predicted octanol–water partition coefficient (Wildman–Crippen LogP) is 1.36. The molecule has 0 amide bonds. The normalized spacial score (nSPS) is 10.2. The zero-order chi connectivity index (χ0) is 10.7. The number of phenols is 1. The van der Waals surface area contributed by atoms with Crippen molar-refractivity contribution in [2.24, 2.45) is 0 Å². The number of hydrogen-bond acceptors (Lipinski definition) is 1. The van der Waals surface area contributed by atoms with Crippen molar-refractivity contribution in [1.82, 2.24) is 0 Å². The van der Waals surface area contributed by atoms with Crippen LogP contribution in [0.1, 0.15) is 5.56 Å². The molecule has 0 aliphatic rings. The van der Waals surface area contributed by atoms with E-state index in [0.717, 1.165) is 4.46 Å². The number of phenolic OH excluding ortho intramolecular Hbond substituents is 1. The zero-order valence-electron chi connectivity index (χ0n) is 8.47. The predicted molar refractivity (Wildman–Crippen MR) is 64.3 cm³/mol. The molecule has 0 saturated heterocycles. The Labute approximate surface area is 95.9 Å². The van der Waals surface area contributed by atoms with Crippen molar-refractivity contribution < 1.29 is 5.11 Å². The van der Waals surface area contributed by atoms with E-state index in [1.807, 2.05) is 31.2 Å². The van der Waals surface area contributed by atoms with Crippen molar-refractivity contribution in [1.29, 1.82) is 0 Å². The maximum atomic E-state index is 9.71. The molecule has 0 fully saturated rings. The molecule has 2 aromatic rings. The second kappa shape index (κ2) is 4.52. The van der Waals surface area contributed by atoms with Crippen molar-refractivity contribution in [3.63, 3.8) is 0 Å². The third-order valence-electron chi connectivity index (χ3n) is 2.09. The van der Waals surface area contributed by atoms with Crippen LogP contribution in [0.5, 0.6) is 5.75 Å². The summed E-state index contributed by atoms with van der Waals surface area (Å²) in [6.07, 6.45) is 0. The van der Waals surface area contributed by atoms with Crippen LogP contribution >= 0.6 is 0 Å². The topological polar surface area (TPSA) is 20.2 Å². The van der Waals surface area contributed by atoms with Gasteiger partial charge in [-0.1, -0.05) is 0 Å². The molecule has 1 N–H and O–H groups in total. The van der Waals surface area contributed by atoms with Gasteiger partial charge in [0.05, 0.1) is 0 Å². The van der Waals surface area contributed by atoms with Gasteiger partial charge in [-0.3, -0.25) is 0 Å². The summed E-state index contributed by atoms with van der Waals surface area (Å²) in [6, 6.07) is 16.0. The molecular weight excluding hydrogens is 251 g/mol. The van der Waals surface area contributed by atoms with Gasteiger partial charge in [0, 0.05) is 0 Å². The Morgan fingerprint density at radius 2 is 1.73 bits per heavy atom. The summed E-state index contributed by atoms with van der Waals surface area (Å²) in [5, 5.41) is 9.71. The SMILES string of the molecule is Cc1ccc(O)c([Se]c2ccccc2)c1. The Morgan fingerprint density at radius 1 is 1.00 bits per heavy atom. The van der Waals surface area contributed by atoms with Crippen LogP contribution in [0.3, 0.4) is 0 Å². The second-order valence-corrected chi connectivity index (χ2v) is 5.73. The van der Waals surface area contributed by atoms with Crippen LogP contribution < -0.4 is 8.92 Å². The van der Waals surface area contributed by atoms with Gasteiger partial charge in [0.15, 0.2) is 0 Å². The summed E-state index contributed by atoms with van der Waals surface area (Å²) >= 11 is 0.192. The Morgan fingerprint density at radius 3 is 2.47 bits per heavy atom. The molecule has 0 atom stereocenters. The molecule has 0 saturated carbocycles. The van der Waals surface area contributed by atoms with Crippen LogP contribution in [-0.4, -0.2) is 20.1 Å². The zero-order valence-corrected chi connectivity index (χ0v) is 10.2. The molecule has 2 heteroatoms. The molecule has 0 spiro atoms. The van der Waals surface area contributed by atoms with Crippen molar-refractivity contribution in [2.75, 3.05) is 0 Å². The van der Waals surface area contributed by atoms with Gasteiger partial charge in [0.1, 0.15) is 0 Å². The van der Waals surface area contributed by atoms with Gasteiger partial charge in [0.25, 0.3) is 0 Å². The summed E-state index contributed by atoms with van der Waals surface area (Å²) in [4.78, 5) is 0. The van der Waals surface area contributed by atoms with E-state index in [2.05, 4.69) is 18.2 Å². The van der Waals surface area contributed by atoms with Crippen molar-refractivity contribution in [3.8, 4) is 5.75 Å². The van der Waals surface area contributed by atoms with E-state index in [4.69, 9.17) is 0 Å². The van der Waals surface area contributed by atoms with Crippen LogP contribution in [0.4, 0.5) is 0 Å². The fourth-order valence-corrected chi connectivity index (χ4v) is 3.34. The van der Waals surface area contributed by atoms with Gasteiger partial charge in [-0.25, -0.2) is 0 Å². The molecule has 0 bridgehead atoms. The fraction of sp³-hybridized carbons (Fsp3) is 0.0769. The average molecular weight is 263 g/mol. The first kappa shape index (κ1) is 10.3. The van der Waals surface area contributed by atoms with Crippen molar-refractivity contribution in [3.05, 3.63) is 54.1 Å². The quantitative estimate of drug-likeness (QED) is 0.811. The van der Waals surface area contributed by atoms with Crippen molar-refractivity contribution in [2.45, 2.75) is 6.92 Å². The van der Waals surface area contributed by atoms with E-state index < -0.39 is 0 Å². The van der Waals surface area contributed by atoms with Crippen LogP contribution in [0.2, 0.25) is 0 Å². The van der Waals surface area contributed by atoms with E-state index in [1.165, 1.54) is 10.0 Å². The minimum atomic E-state index is 0.192. The summed E-state index contributed by atoms with van der Waals surface area (Å²) in [7, 11) is 0. The van der Waals surface area contributed by atoms with E-state index in [0.29, 0.717) is 5.75 Å². The summed E-state index contributed by atoms with van der Waals surface area (Å²) < 4.78 is 2.33. The van der Waals surface area contributed by atoms with E-state index in [1.54, 1.807) is 6.07 Å². The first-order chi connectivity index (χ1) is 7.25. The number of aromatic hydroxyl groups is 1. The Bertz CT molecular complexity index is 451.